The monoisotopic (exact) mass is 294 g/mol. The van der Waals surface area contributed by atoms with Gasteiger partial charge >= 0.3 is 0 Å². The number of nitrogen functional groups attached to an aromatic ring is 2. The summed E-state index contributed by atoms with van der Waals surface area (Å²) in [6.07, 6.45) is 6.27. The lowest BCUT2D eigenvalue weighted by Gasteiger charge is -2.14. The van der Waals surface area contributed by atoms with E-state index in [4.69, 9.17) is 11.5 Å². The lowest BCUT2D eigenvalue weighted by molar-refractivity contribution is -0.113. The third kappa shape index (κ3) is 3.06. The average Bonchev–Trinajstić information content (AvgIpc) is 2.47. The number of carbonyl (C=O) groups is 2. The molecule has 0 aliphatic carbocycles. The molecule has 0 radical (unpaired) electrons. The molecule has 2 aromatic carbocycles. The van der Waals surface area contributed by atoms with Gasteiger partial charge in [0.1, 0.15) is 0 Å². The van der Waals surface area contributed by atoms with E-state index in [1.165, 1.54) is 26.0 Å². The molecule has 0 fully saturated rings. The van der Waals surface area contributed by atoms with Gasteiger partial charge in [-0.3, -0.25) is 9.59 Å². The minimum absolute atomic E-state index is 0.0670. The van der Waals surface area contributed by atoms with Crippen LogP contribution in [0.2, 0.25) is 0 Å². The predicted molar refractivity (Wildman–Crippen MR) is 92.2 cm³/mol. The number of rotatable bonds is 4. The number of benzene rings is 2. The zero-order valence-corrected chi connectivity index (χ0v) is 12.6. The van der Waals surface area contributed by atoms with E-state index in [9.17, 15) is 9.59 Å². The molecule has 0 saturated carbocycles. The van der Waals surface area contributed by atoms with E-state index in [0.717, 1.165) is 10.8 Å². The van der Waals surface area contributed by atoms with Gasteiger partial charge in [0.15, 0.2) is 11.6 Å². The van der Waals surface area contributed by atoms with Crippen molar-refractivity contribution < 1.29 is 9.59 Å². The first kappa shape index (κ1) is 15.5. The second-order valence-corrected chi connectivity index (χ2v) is 5.09. The van der Waals surface area contributed by atoms with E-state index in [-0.39, 0.29) is 11.6 Å². The molecule has 0 aromatic heterocycles. The van der Waals surface area contributed by atoms with Gasteiger partial charge in [0.25, 0.3) is 0 Å². The van der Waals surface area contributed by atoms with Crippen LogP contribution in [-0.4, -0.2) is 11.6 Å². The molecule has 2 rings (SSSR count). The third-order valence-corrected chi connectivity index (χ3v) is 3.35. The largest absolute Gasteiger partial charge is 0.397 e. The van der Waals surface area contributed by atoms with Crippen LogP contribution in [0.25, 0.3) is 22.9 Å². The first-order chi connectivity index (χ1) is 10.4. The van der Waals surface area contributed by atoms with Gasteiger partial charge < -0.3 is 11.5 Å². The molecule has 0 aliphatic heterocycles. The molecular formula is C18H18N2O2. The summed E-state index contributed by atoms with van der Waals surface area (Å²) in [6, 6.07) is 7.61. The molecule has 22 heavy (non-hydrogen) atoms. The molecule has 4 nitrogen and oxygen atoms in total. The lowest BCUT2D eigenvalue weighted by atomic mass is 9.95. The summed E-state index contributed by atoms with van der Waals surface area (Å²) in [5.41, 5.74) is 14.5. The Balaban J connectivity index is 2.80. The maximum absolute atomic E-state index is 11.2. The summed E-state index contributed by atoms with van der Waals surface area (Å²) in [5.74, 6) is -0.134. The molecule has 4 N–H and O–H groups in total. The molecule has 112 valence electrons. The summed E-state index contributed by atoms with van der Waals surface area (Å²) in [5, 5.41) is 1.77. The third-order valence-electron chi connectivity index (χ3n) is 3.35. The molecule has 0 saturated heterocycles. The van der Waals surface area contributed by atoms with Crippen LogP contribution in [0, 0.1) is 0 Å². The Labute approximate surface area is 129 Å². The molecule has 0 amide bonds. The average molecular weight is 294 g/mol. The highest BCUT2D eigenvalue weighted by molar-refractivity contribution is 6.09. The number of fused-ring (bicyclic) bond motifs is 1. The van der Waals surface area contributed by atoms with E-state index < -0.39 is 0 Å². The fraction of sp³-hybridized carbons (Fsp3) is 0.111. The van der Waals surface area contributed by atoms with Crippen LogP contribution in [0.4, 0.5) is 11.4 Å². The zero-order valence-electron chi connectivity index (χ0n) is 12.6. The summed E-state index contributed by atoms with van der Waals surface area (Å²) in [6.45, 7) is 2.95. The Morgan fingerprint density at radius 3 is 1.50 bits per heavy atom. The topological polar surface area (TPSA) is 86.2 Å². The van der Waals surface area contributed by atoms with Gasteiger partial charge in [-0.2, -0.15) is 0 Å². The van der Waals surface area contributed by atoms with Crippen molar-refractivity contribution in [1.82, 2.24) is 0 Å². The summed E-state index contributed by atoms with van der Waals surface area (Å²) < 4.78 is 0. The maximum Gasteiger partial charge on any atom is 0.152 e. The van der Waals surface area contributed by atoms with Crippen LogP contribution in [0.15, 0.2) is 36.4 Å². The number of hydrogen-bond donors (Lipinski definition) is 2. The molecule has 4 heteroatoms. The zero-order chi connectivity index (χ0) is 16.3. The molecule has 0 spiro atoms. The Bertz CT molecular complexity index is 749. The molecule has 0 unspecified atom stereocenters. The van der Waals surface area contributed by atoms with Crippen LogP contribution in [0.1, 0.15) is 25.0 Å². The number of allylic oxidation sites excluding steroid dienone is 2. The van der Waals surface area contributed by atoms with E-state index in [1.54, 1.807) is 12.2 Å². The van der Waals surface area contributed by atoms with E-state index in [1.807, 2.05) is 24.3 Å². The van der Waals surface area contributed by atoms with Crippen LogP contribution in [0.3, 0.4) is 0 Å². The van der Waals surface area contributed by atoms with Crippen molar-refractivity contribution >= 4 is 45.9 Å². The summed E-state index contributed by atoms with van der Waals surface area (Å²) >= 11 is 0. The van der Waals surface area contributed by atoms with E-state index in [0.29, 0.717) is 22.5 Å². The predicted octanol–water partition coefficient (Wildman–Crippen LogP) is 3.21. The molecule has 0 atom stereocenters. The number of anilines is 2. The van der Waals surface area contributed by atoms with Crippen molar-refractivity contribution in [2.24, 2.45) is 0 Å². The standard InChI is InChI=1S/C18H18N2O2/c1-11(21)7-9-15-13-5-3-4-6-14(13)16(10-8-12(2)22)18(20)17(15)19/h3-10H,19-20H2,1-2H3/b9-7+,10-8+. The fourth-order valence-corrected chi connectivity index (χ4v) is 2.29. The lowest BCUT2D eigenvalue weighted by Crippen LogP contribution is -2.02. The molecule has 0 heterocycles. The Morgan fingerprint density at radius 1 is 0.818 bits per heavy atom. The van der Waals surface area contributed by atoms with E-state index in [2.05, 4.69) is 0 Å². The molecule has 0 aliphatic rings. The van der Waals surface area contributed by atoms with Gasteiger partial charge in [0, 0.05) is 11.1 Å². The van der Waals surface area contributed by atoms with Crippen LogP contribution in [0.5, 0.6) is 0 Å². The smallest absolute Gasteiger partial charge is 0.152 e. The Kier molecular flexibility index (Phi) is 4.41. The van der Waals surface area contributed by atoms with Crippen LogP contribution >= 0.6 is 0 Å². The number of ketones is 2. The van der Waals surface area contributed by atoms with Gasteiger partial charge in [0.05, 0.1) is 11.4 Å². The van der Waals surface area contributed by atoms with Gasteiger partial charge in [-0.15, -0.1) is 0 Å². The minimum atomic E-state index is -0.0670. The van der Waals surface area contributed by atoms with Crippen LogP contribution < -0.4 is 11.5 Å². The summed E-state index contributed by atoms with van der Waals surface area (Å²) in [4.78, 5) is 22.4. The van der Waals surface area contributed by atoms with Crippen molar-refractivity contribution in [3.63, 3.8) is 0 Å². The first-order valence-corrected chi connectivity index (χ1v) is 6.88. The SMILES string of the molecule is CC(=O)/C=C/c1c(N)c(N)c(/C=C/C(C)=O)c2ccccc12. The Morgan fingerprint density at radius 2 is 1.18 bits per heavy atom. The first-order valence-electron chi connectivity index (χ1n) is 6.88. The van der Waals surface area contributed by atoms with Crippen molar-refractivity contribution in [3.05, 3.63) is 47.5 Å². The van der Waals surface area contributed by atoms with Crippen molar-refractivity contribution in [2.45, 2.75) is 13.8 Å². The van der Waals surface area contributed by atoms with Crippen molar-refractivity contribution in [2.75, 3.05) is 11.5 Å². The van der Waals surface area contributed by atoms with Gasteiger partial charge in [-0.05, 0) is 48.9 Å². The van der Waals surface area contributed by atoms with Gasteiger partial charge in [-0.25, -0.2) is 0 Å². The van der Waals surface area contributed by atoms with Crippen molar-refractivity contribution in [1.29, 1.82) is 0 Å². The molecular weight excluding hydrogens is 276 g/mol. The van der Waals surface area contributed by atoms with Gasteiger partial charge in [0.2, 0.25) is 0 Å². The Hall–Kier alpha value is -2.88. The fourth-order valence-electron chi connectivity index (χ4n) is 2.29. The highest BCUT2D eigenvalue weighted by atomic mass is 16.1. The highest BCUT2D eigenvalue weighted by Crippen LogP contribution is 2.36. The van der Waals surface area contributed by atoms with Crippen molar-refractivity contribution in [3.8, 4) is 0 Å². The second kappa shape index (κ2) is 6.26. The molecule has 2 aromatic rings. The van der Waals surface area contributed by atoms with Gasteiger partial charge in [-0.1, -0.05) is 24.3 Å². The van der Waals surface area contributed by atoms with Crippen LogP contribution in [-0.2, 0) is 9.59 Å². The summed E-state index contributed by atoms with van der Waals surface area (Å²) in [7, 11) is 0. The normalized spacial score (nSPS) is 11.5. The van der Waals surface area contributed by atoms with E-state index >= 15 is 0 Å². The number of carbonyl (C=O) groups excluding carboxylic acids is 2. The number of hydrogen-bond acceptors (Lipinski definition) is 4. The second-order valence-electron chi connectivity index (χ2n) is 5.09. The quantitative estimate of drug-likeness (QED) is 0.669. The number of nitrogens with two attached hydrogens (primary N) is 2. The minimum Gasteiger partial charge on any atom is -0.397 e. The highest BCUT2D eigenvalue weighted by Gasteiger charge is 2.12. The maximum atomic E-state index is 11.2. The molecule has 0 bridgehead atoms.